The van der Waals surface area contributed by atoms with Crippen molar-refractivity contribution in [2.75, 3.05) is 5.32 Å². The number of carboxylic acid groups (broad SMARTS) is 1. The first-order valence-corrected chi connectivity index (χ1v) is 4.15. The molecule has 0 fully saturated rings. The van der Waals surface area contributed by atoms with Gasteiger partial charge in [-0.15, -0.1) is 0 Å². The molecule has 0 bridgehead atoms. The lowest BCUT2D eigenvalue weighted by atomic mass is 10.3. The number of rotatable bonds is 2. The molecule has 0 saturated carbocycles. The van der Waals surface area contributed by atoms with Crippen LogP contribution in [0.5, 0.6) is 0 Å². The number of imidazole rings is 1. The van der Waals surface area contributed by atoms with Gasteiger partial charge in [0.05, 0.1) is 0 Å². The summed E-state index contributed by atoms with van der Waals surface area (Å²) in [6.45, 7) is 1.30. The van der Waals surface area contributed by atoms with E-state index in [4.69, 9.17) is 5.11 Å². The first-order valence-electron chi connectivity index (χ1n) is 4.15. The molecule has 0 aliphatic carbocycles. The van der Waals surface area contributed by atoms with Crippen LogP contribution in [0.4, 0.5) is 5.82 Å². The predicted molar refractivity (Wildman–Crippen MR) is 50.8 cm³/mol. The van der Waals surface area contributed by atoms with Gasteiger partial charge in [0.2, 0.25) is 5.91 Å². The molecule has 0 aliphatic heterocycles. The van der Waals surface area contributed by atoms with Crippen molar-refractivity contribution in [2.24, 2.45) is 0 Å². The molecule has 2 heterocycles. The lowest BCUT2D eigenvalue weighted by Gasteiger charge is -1.98. The molecular weight excluding hydrogens is 200 g/mol. The van der Waals surface area contributed by atoms with Gasteiger partial charge in [0.1, 0.15) is 11.4 Å². The van der Waals surface area contributed by atoms with Crippen molar-refractivity contribution in [3.63, 3.8) is 0 Å². The van der Waals surface area contributed by atoms with Crippen LogP contribution in [0.3, 0.4) is 0 Å². The fourth-order valence-corrected chi connectivity index (χ4v) is 1.34. The molecular formula is C8H8N4O3. The number of nitrogens with one attached hydrogen (secondary N) is 2. The number of anilines is 1. The number of carbonyl (C=O) groups excluding carboxylic acids is 1. The van der Waals surface area contributed by atoms with E-state index < -0.39 is 5.97 Å². The molecule has 0 atom stereocenters. The summed E-state index contributed by atoms with van der Waals surface area (Å²) in [5, 5.41) is 14.1. The number of hydrogen-bond donors (Lipinski definition) is 3. The molecule has 7 nitrogen and oxygen atoms in total. The highest BCUT2D eigenvalue weighted by Gasteiger charge is 2.19. The van der Waals surface area contributed by atoms with E-state index in [1.807, 2.05) is 0 Å². The number of nitrogens with zero attached hydrogens (tertiary/aromatic N) is 2. The Labute approximate surface area is 83.7 Å². The lowest BCUT2D eigenvalue weighted by molar-refractivity contribution is -0.114. The number of aromatic amines is 1. The Morgan fingerprint density at radius 3 is 2.93 bits per heavy atom. The summed E-state index contributed by atoms with van der Waals surface area (Å²) >= 11 is 0. The molecule has 2 aromatic rings. The van der Waals surface area contributed by atoms with Crippen molar-refractivity contribution >= 4 is 23.3 Å². The van der Waals surface area contributed by atoms with Crippen molar-refractivity contribution in [3.8, 4) is 0 Å². The molecule has 15 heavy (non-hydrogen) atoms. The molecule has 0 spiro atoms. The maximum absolute atomic E-state index is 11.0. The summed E-state index contributed by atoms with van der Waals surface area (Å²) in [6.07, 6.45) is 3.03. The number of aromatic carboxylic acids is 1. The van der Waals surface area contributed by atoms with Gasteiger partial charge in [0, 0.05) is 19.3 Å². The van der Waals surface area contributed by atoms with Gasteiger partial charge < -0.3 is 10.4 Å². The number of amides is 1. The summed E-state index contributed by atoms with van der Waals surface area (Å²) < 4.78 is 1.43. The van der Waals surface area contributed by atoms with E-state index in [-0.39, 0.29) is 22.9 Å². The molecule has 0 saturated heterocycles. The fourth-order valence-electron chi connectivity index (χ4n) is 1.34. The van der Waals surface area contributed by atoms with Crippen LogP contribution in [0, 0.1) is 0 Å². The Bertz CT molecular complexity index is 539. The van der Waals surface area contributed by atoms with Crippen LogP contribution in [0.15, 0.2) is 12.4 Å². The third-order valence-corrected chi connectivity index (χ3v) is 1.86. The zero-order valence-corrected chi connectivity index (χ0v) is 7.81. The van der Waals surface area contributed by atoms with Crippen LogP contribution < -0.4 is 5.32 Å². The SMILES string of the molecule is CC(=O)Nc1[nH]n2ccnc2c1C(=O)O. The Balaban J connectivity index is 2.61. The minimum absolute atomic E-state index is 0.0461. The van der Waals surface area contributed by atoms with Gasteiger partial charge in [-0.25, -0.2) is 14.3 Å². The van der Waals surface area contributed by atoms with Gasteiger partial charge >= 0.3 is 5.97 Å². The van der Waals surface area contributed by atoms with Crippen LogP contribution in [0.25, 0.3) is 5.65 Å². The van der Waals surface area contributed by atoms with Gasteiger partial charge in [0.15, 0.2) is 5.65 Å². The van der Waals surface area contributed by atoms with Gasteiger partial charge in [-0.3, -0.25) is 9.89 Å². The van der Waals surface area contributed by atoms with Gasteiger partial charge in [-0.1, -0.05) is 0 Å². The zero-order chi connectivity index (χ0) is 11.0. The van der Waals surface area contributed by atoms with Crippen LogP contribution >= 0.6 is 0 Å². The minimum atomic E-state index is -1.14. The predicted octanol–water partition coefficient (Wildman–Crippen LogP) is 0.319. The van der Waals surface area contributed by atoms with Crippen molar-refractivity contribution < 1.29 is 14.7 Å². The molecule has 2 rings (SSSR count). The maximum Gasteiger partial charge on any atom is 0.343 e. The highest BCUT2D eigenvalue weighted by atomic mass is 16.4. The van der Waals surface area contributed by atoms with Crippen molar-refractivity contribution in [2.45, 2.75) is 6.92 Å². The van der Waals surface area contributed by atoms with Gasteiger partial charge in [0.25, 0.3) is 0 Å². The van der Waals surface area contributed by atoms with Crippen molar-refractivity contribution in [3.05, 3.63) is 18.0 Å². The van der Waals surface area contributed by atoms with Crippen LogP contribution in [-0.2, 0) is 4.79 Å². The fraction of sp³-hybridized carbons (Fsp3) is 0.125. The molecule has 7 heteroatoms. The van der Waals surface area contributed by atoms with E-state index in [9.17, 15) is 9.59 Å². The number of H-pyrrole nitrogens is 1. The number of carbonyl (C=O) groups is 2. The smallest absolute Gasteiger partial charge is 0.343 e. The monoisotopic (exact) mass is 208 g/mol. The zero-order valence-electron chi connectivity index (χ0n) is 7.81. The third kappa shape index (κ3) is 1.43. The molecule has 0 aliphatic rings. The highest BCUT2D eigenvalue weighted by molar-refractivity contribution is 6.03. The van der Waals surface area contributed by atoms with E-state index in [0.717, 1.165) is 0 Å². The second-order valence-electron chi connectivity index (χ2n) is 2.97. The van der Waals surface area contributed by atoms with E-state index >= 15 is 0 Å². The number of carboxylic acids is 1. The molecule has 78 valence electrons. The van der Waals surface area contributed by atoms with E-state index in [1.54, 1.807) is 6.20 Å². The summed E-state index contributed by atoms with van der Waals surface area (Å²) in [4.78, 5) is 25.7. The van der Waals surface area contributed by atoms with Gasteiger partial charge in [-0.05, 0) is 0 Å². The summed E-state index contributed by atoms with van der Waals surface area (Å²) in [6, 6.07) is 0. The molecule has 2 aromatic heterocycles. The molecule has 1 amide bonds. The molecule has 3 N–H and O–H groups in total. The first-order chi connectivity index (χ1) is 7.09. The summed E-state index contributed by atoms with van der Waals surface area (Å²) in [5.41, 5.74) is 0.224. The molecule has 0 radical (unpaired) electrons. The number of fused-ring (bicyclic) bond motifs is 1. The van der Waals surface area contributed by atoms with E-state index in [1.165, 1.54) is 17.6 Å². The van der Waals surface area contributed by atoms with Gasteiger partial charge in [-0.2, -0.15) is 0 Å². The second kappa shape index (κ2) is 3.12. The van der Waals surface area contributed by atoms with Crippen LogP contribution in [0.1, 0.15) is 17.3 Å². The Morgan fingerprint density at radius 2 is 2.33 bits per heavy atom. The quantitative estimate of drug-likeness (QED) is 0.661. The third-order valence-electron chi connectivity index (χ3n) is 1.86. The molecule has 0 aromatic carbocycles. The standard InChI is InChI=1S/C8H8N4O3/c1-4(13)10-6-5(8(14)15)7-9-2-3-12(7)11-6/h2-3,11H,1H3,(H,10,13)(H,14,15). The average Bonchev–Trinajstić information content (AvgIpc) is 2.60. The van der Waals surface area contributed by atoms with Crippen molar-refractivity contribution in [1.82, 2.24) is 14.6 Å². The van der Waals surface area contributed by atoms with Crippen LogP contribution in [0.2, 0.25) is 0 Å². The van der Waals surface area contributed by atoms with E-state index in [0.29, 0.717) is 0 Å². The Hall–Kier alpha value is -2.31. The van der Waals surface area contributed by atoms with Crippen molar-refractivity contribution in [1.29, 1.82) is 0 Å². The largest absolute Gasteiger partial charge is 0.477 e. The topological polar surface area (TPSA) is 99.5 Å². The Morgan fingerprint density at radius 1 is 1.60 bits per heavy atom. The maximum atomic E-state index is 11.0. The Kier molecular flexibility index (Phi) is 1.93. The second-order valence-corrected chi connectivity index (χ2v) is 2.97. The normalized spacial score (nSPS) is 10.5. The summed E-state index contributed by atoms with van der Waals surface area (Å²) in [7, 11) is 0. The number of hydrogen-bond acceptors (Lipinski definition) is 3. The van der Waals surface area contributed by atoms with E-state index in [2.05, 4.69) is 15.4 Å². The average molecular weight is 208 g/mol. The first kappa shape index (κ1) is 9.25. The minimum Gasteiger partial charge on any atom is -0.477 e. The number of aromatic nitrogens is 3. The van der Waals surface area contributed by atoms with Crippen LogP contribution in [-0.4, -0.2) is 31.6 Å². The summed E-state index contributed by atoms with van der Waals surface area (Å²) in [5.74, 6) is -1.35. The lowest BCUT2D eigenvalue weighted by Crippen LogP contribution is -2.10. The highest BCUT2D eigenvalue weighted by Crippen LogP contribution is 2.18. The molecule has 0 unspecified atom stereocenters.